The summed E-state index contributed by atoms with van der Waals surface area (Å²) < 4.78 is 17.3. The molecule has 59 heavy (non-hydrogen) atoms. The standard InChI is InChI=1S/C51H91NO7/c1-6-8-10-12-14-16-18-20-21-22-23-24-25-26-27-28-30-31-33-35-37-39-41-49(53)58-46-47(45-57-44-43-48(51(55)56)52(3,4)5)59-50(54)42-40-38-36-34-32-29-19-17-15-13-11-9-7-2/h9,11,13,15,17,19,29,32,47-48H,6-8,10,12,14,16,18,20-28,30-31,33-46H2,1-5H3/p+1/b11-9+,15-13+,19-17+,32-29+. The topological polar surface area (TPSA) is 99.1 Å². The van der Waals surface area contributed by atoms with Gasteiger partial charge in [-0.05, 0) is 32.1 Å². The monoisotopic (exact) mass is 831 g/mol. The van der Waals surface area contributed by atoms with Gasteiger partial charge in [0, 0.05) is 19.3 Å². The molecule has 8 nitrogen and oxygen atoms in total. The fourth-order valence-corrected chi connectivity index (χ4v) is 7.10. The Kier molecular flexibility index (Phi) is 40.1. The average Bonchev–Trinajstić information content (AvgIpc) is 3.19. The van der Waals surface area contributed by atoms with Crippen LogP contribution < -0.4 is 0 Å². The number of carboxylic acid groups (broad SMARTS) is 1. The molecular formula is C51H92NO7+. The zero-order valence-corrected chi connectivity index (χ0v) is 39.0. The number of rotatable bonds is 43. The molecular weight excluding hydrogens is 739 g/mol. The molecule has 0 bridgehead atoms. The fourth-order valence-electron chi connectivity index (χ4n) is 7.10. The molecule has 0 heterocycles. The Balaban J connectivity index is 4.22. The van der Waals surface area contributed by atoms with Gasteiger partial charge in [-0.15, -0.1) is 0 Å². The van der Waals surface area contributed by atoms with E-state index in [-0.39, 0.29) is 42.7 Å². The molecule has 1 N–H and O–H groups in total. The van der Waals surface area contributed by atoms with Gasteiger partial charge in [-0.25, -0.2) is 4.79 Å². The van der Waals surface area contributed by atoms with Crippen LogP contribution in [-0.4, -0.2) is 80.6 Å². The zero-order chi connectivity index (χ0) is 43.5. The van der Waals surface area contributed by atoms with Crippen molar-refractivity contribution >= 4 is 17.9 Å². The number of esters is 2. The number of hydrogen-bond acceptors (Lipinski definition) is 6. The fraction of sp³-hybridized carbons (Fsp3) is 0.784. The van der Waals surface area contributed by atoms with Gasteiger partial charge < -0.3 is 23.8 Å². The molecule has 8 heteroatoms. The van der Waals surface area contributed by atoms with Gasteiger partial charge in [0.05, 0.1) is 34.4 Å². The van der Waals surface area contributed by atoms with E-state index in [2.05, 4.69) is 26.0 Å². The van der Waals surface area contributed by atoms with E-state index >= 15 is 0 Å². The summed E-state index contributed by atoms with van der Waals surface area (Å²) in [4.78, 5) is 37.0. The maximum Gasteiger partial charge on any atom is 0.362 e. The summed E-state index contributed by atoms with van der Waals surface area (Å²) in [5.74, 6) is -1.51. The van der Waals surface area contributed by atoms with Crippen LogP contribution in [0.1, 0.15) is 206 Å². The Morgan fingerprint density at radius 3 is 1.41 bits per heavy atom. The molecule has 0 saturated heterocycles. The van der Waals surface area contributed by atoms with Crippen LogP contribution in [0.25, 0.3) is 0 Å². The first-order valence-electron chi connectivity index (χ1n) is 24.2. The second-order valence-electron chi connectivity index (χ2n) is 17.4. The molecule has 0 aromatic rings. The normalized spacial score (nSPS) is 13.3. The van der Waals surface area contributed by atoms with Crippen LogP contribution in [0.3, 0.4) is 0 Å². The number of likely N-dealkylation sites (N-methyl/N-ethyl adjacent to an activating group) is 1. The minimum atomic E-state index is -0.881. The molecule has 0 saturated carbocycles. The van der Waals surface area contributed by atoms with Crippen molar-refractivity contribution in [1.29, 1.82) is 0 Å². The molecule has 0 aliphatic rings. The minimum Gasteiger partial charge on any atom is -0.477 e. The lowest BCUT2D eigenvalue weighted by Gasteiger charge is -2.31. The first-order chi connectivity index (χ1) is 28.6. The van der Waals surface area contributed by atoms with E-state index in [0.29, 0.717) is 19.3 Å². The summed E-state index contributed by atoms with van der Waals surface area (Å²) in [5.41, 5.74) is 0. The maximum atomic E-state index is 12.7. The van der Waals surface area contributed by atoms with Crippen molar-refractivity contribution in [3.05, 3.63) is 48.6 Å². The van der Waals surface area contributed by atoms with Gasteiger partial charge in [-0.3, -0.25) is 9.59 Å². The molecule has 2 unspecified atom stereocenters. The van der Waals surface area contributed by atoms with Crippen molar-refractivity contribution in [2.75, 3.05) is 41.0 Å². The second-order valence-corrected chi connectivity index (χ2v) is 17.4. The van der Waals surface area contributed by atoms with Crippen LogP contribution in [-0.2, 0) is 28.6 Å². The highest BCUT2D eigenvalue weighted by Crippen LogP contribution is 2.16. The van der Waals surface area contributed by atoms with E-state index in [0.717, 1.165) is 44.9 Å². The molecule has 0 amide bonds. The van der Waals surface area contributed by atoms with Crippen LogP contribution in [0.4, 0.5) is 0 Å². The number of aliphatic carboxylic acids is 1. The molecule has 0 rings (SSSR count). The van der Waals surface area contributed by atoms with Crippen molar-refractivity contribution in [3.8, 4) is 0 Å². The number of carbonyl (C=O) groups excluding carboxylic acids is 2. The number of quaternary nitrogens is 1. The summed E-state index contributed by atoms with van der Waals surface area (Å²) in [5, 5.41) is 9.63. The van der Waals surface area contributed by atoms with E-state index in [1.807, 2.05) is 57.6 Å². The Bertz CT molecular complexity index is 1110. The lowest BCUT2D eigenvalue weighted by molar-refractivity contribution is -0.887. The van der Waals surface area contributed by atoms with E-state index in [1.54, 1.807) is 0 Å². The zero-order valence-electron chi connectivity index (χ0n) is 39.0. The average molecular weight is 831 g/mol. The molecule has 0 aliphatic heterocycles. The van der Waals surface area contributed by atoms with Crippen LogP contribution in [0.15, 0.2) is 48.6 Å². The Hall–Kier alpha value is -2.71. The van der Waals surface area contributed by atoms with Gasteiger partial charge in [-0.2, -0.15) is 0 Å². The predicted octanol–water partition coefficient (Wildman–Crippen LogP) is 13.6. The van der Waals surface area contributed by atoms with E-state index in [1.165, 1.54) is 122 Å². The number of carboxylic acids is 1. The summed E-state index contributed by atoms with van der Waals surface area (Å²) >= 11 is 0. The summed E-state index contributed by atoms with van der Waals surface area (Å²) in [6, 6.07) is -0.622. The molecule has 342 valence electrons. The van der Waals surface area contributed by atoms with Crippen LogP contribution >= 0.6 is 0 Å². The molecule has 0 aliphatic carbocycles. The maximum absolute atomic E-state index is 12.7. The number of nitrogens with zero attached hydrogens (tertiary/aromatic N) is 1. The smallest absolute Gasteiger partial charge is 0.362 e. The van der Waals surface area contributed by atoms with Gasteiger partial charge in [-0.1, -0.05) is 204 Å². The van der Waals surface area contributed by atoms with Crippen molar-refractivity contribution < 1.29 is 38.2 Å². The number of hydrogen-bond donors (Lipinski definition) is 1. The predicted molar refractivity (Wildman–Crippen MR) is 248 cm³/mol. The quantitative estimate of drug-likeness (QED) is 0.0283. The third kappa shape index (κ3) is 40.5. The van der Waals surface area contributed by atoms with Gasteiger partial charge in [0.2, 0.25) is 0 Å². The molecule has 0 radical (unpaired) electrons. The Morgan fingerprint density at radius 1 is 0.525 bits per heavy atom. The van der Waals surface area contributed by atoms with Crippen molar-refractivity contribution in [2.24, 2.45) is 0 Å². The number of allylic oxidation sites excluding steroid dienone is 8. The Morgan fingerprint density at radius 2 is 0.949 bits per heavy atom. The van der Waals surface area contributed by atoms with Crippen LogP contribution in [0, 0.1) is 0 Å². The van der Waals surface area contributed by atoms with E-state index in [9.17, 15) is 19.5 Å². The molecule has 0 spiro atoms. The van der Waals surface area contributed by atoms with Gasteiger partial charge >= 0.3 is 17.9 Å². The lowest BCUT2D eigenvalue weighted by atomic mass is 10.0. The van der Waals surface area contributed by atoms with Gasteiger partial charge in [0.15, 0.2) is 12.1 Å². The minimum absolute atomic E-state index is 0.0459. The third-order valence-corrected chi connectivity index (χ3v) is 10.8. The van der Waals surface area contributed by atoms with Crippen molar-refractivity contribution in [2.45, 2.75) is 219 Å². The highest BCUT2D eigenvalue weighted by atomic mass is 16.6. The SMILES string of the molecule is CC/C=C/C=C/C=C/C=C/CCCCCC(=O)OC(COCCC(C(=O)O)[N+](C)(C)C)COC(=O)CCCCCCCCCCCCCCCCCCCCCCCC. The summed E-state index contributed by atoms with van der Waals surface area (Å²) in [6.45, 7) is 4.57. The highest BCUT2D eigenvalue weighted by Gasteiger charge is 2.31. The van der Waals surface area contributed by atoms with E-state index in [4.69, 9.17) is 14.2 Å². The molecule has 0 aromatic heterocycles. The van der Waals surface area contributed by atoms with Gasteiger partial charge in [0.1, 0.15) is 6.61 Å². The number of carbonyl (C=O) groups is 3. The van der Waals surface area contributed by atoms with Gasteiger partial charge in [0.25, 0.3) is 0 Å². The highest BCUT2D eigenvalue weighted by molar-refractivity contribution is 5.72. The number of unbranched alkanes of at least 4 members (excludes halogenated alkanes) is 24. The first-order valence-corrected chi connectivity index (χ1v) is 24.2. The number of ether oxygens (including phenoxy) is 3. The Labute approximate surface area is 363 Å². The van der Waals surface area contributed by atoms with Crippen LogP contribution in [0.5, 0.6) is 0 Å². The van der Waals surface area contributed by atoms with Crippen molar-refractivity contribution in [1.82, 2.24) is 0 Å². The third-order valence-electron chi connectivity index (χ3n) is 10.8. The molecule has 0 fully saturated rings. The summed E-state index contributed by atoms with van der Waals surface area (Å²) in [6.07, 6.45) is 50.3. The summed E-state index contributed by atoms with van der Waals surface area (Å²) in [7, 11) is 5.51. The lowest BCUT2D eigenvalue weighted by Crippen LogP contribution is -2.50. The molecule has 2 atom stereocenters. The molecule has 0 aromatic carbocycles. The first kappa shape index (κ1) is 56.3. The van der Waals surface area contributed by atoms with E-state index < -0.39 is 18.1 Å². The van der Waals surface area contributed by atoms with Crippen LogP contribution in [0.2, 0.25) is 0 Å². The van der Waals surface area contributed by atoms with Crippen molar-refractivity contribution in [3.63, 3.8) is 0 Å². The second kappa shape index (κ2) is 42.0. The largest absolute Gasteiger partial charge is 0.477 e.